The fourth-order valence-corrected chi connectivity index (χ4v) is 2.49. The minimum absolute atomic E-state index is 0.0371. The van der Waals surface area contributed by atoms with Crippen molar-refractivity contribution in [2.45, 2.75) is 25.5 Å². The fourth-order valence-electron chi connectivity index (χ4n) is 2.49. The Morgan fingerprint density at radius 2 is 2.37 bits per heavy atom. The molecule has 0 aliphatic carbocycles. The lowest BCUT2D eigenvalue weighted by Crippen LogP contribution is -2.18. The molecule has 1 aliphatic heterocycles. The molecule has 98 valence electrons. The van der Waals surface area contributed by atoms with E-state index in [1.807, 2.05) is 10.7 Å². The molecule has 19 heavy (non-hydrogen) atoms. The van der Waals surface area contributed by atoms with Crippen molar-refractivity contribution >= 4 is 10.9 Å². The number of rotatable bonds is 2. The van der Waals surface area contributed by atoms with Crippen LogP contribution in [0.3, 0.4) is 0 Å². The van der Waals surface area contributed by atoms with Gasteiger partial charge in [0.2, 0.25) is 0 Å². The summed E-state index contributed by atoms with van der Waals surface area (Å²) in [6.07, 6.45) is 4.93. The normalized spacial score (nSPS) is 19.3. The molecule has 1 fully saturated rings. The Morgan fingerprint density at radius 1 is 1.47 bits per heavy atom. The van der Waals surface area contributed by atoms with E-state index in [0.717, 1.165) is 36.8 Å². The van der Waals surface area contributed by atoms with Gasteiger partial charge in [0.05, 0.1) is 35.8 Å². The summed E-state index contributed by atoms with van der Waals surface area (Å²) in [4.78, 5) is 0. The van der Waals surface area contributed by atoms with Crippen LogP contribution in [0.4, 0.5) is 0 Å². The van der Waals surface area contributed by atoms with Gasteiger partial charge in [-0.15, -0.1) is 0 Å². The molecule has 2 aromatic rings. The average molecular weight is 257 g/mol. The molecular weight excluding hydrogens is 242 g/mol. The van der Waals surface area contributed by atoms with Crippen molar-refractivity contribution in [1.82, 2.24) is 9.78 Å². The van der Waals surface area contributed by atoms with Crippen LogP contribution in [0.5, 0.6) is 5.75 Å². The number of ether oxygens (including phenoxy) is 2. The number of nitrogens with zero attached hydrogens (tertiary/aromatic N) is 3. The van der Waals surface area contributed by atoms with Crippen LogP contribution < -0.4 is 4.74 Å². The summed E-state index contributed by atoms with van der Waals surface area (Å²) >= 11 is 0. The second-order valence-corrected chi connectivity index (χ2v) is 4.63. The third kappa shape index (κ3) is 2.04. The number of hydrogen-bond acceptors (Lipinski definition) is 4. The van der Waals surface area contributed by atoms with Gasteiger partial charge in [0, 0.05) is 6.61 Å². The van der Waals surface area contributed by atoms with E-state index in [1.165, 1.54) is 0 Å². The Labute approximate surface area is 111 Å². The number of nitriles is 1. The molecule has 0 bridgehead atoms. The fraction of sp³-hybridized carbons (Fsp3) is 0.429. The molecule has 0 saturated carbocycles. The SMILES string of the molecule is COc1cc(C#N)cc2c1cnn2C1CCCCO1. The van der Waals surface area contributed by atoms with Gasteiger partial charge in [-0.2, -0.15) is 10.4 Å². The second-order valence-electron chi connectivity index (χ2n) is 4.63. The van der Waals surface area contributed by atoms with Crippen LogP contribution in [0.2, 0.25) is 0 Å². The molecule has 1 atom stereocenters. The van der Waals surface area contributed by atoms with E-state index < -0.39 is 0 Å². The molecule has 0 N–H and O–H groups in total. The number of fused-ring (bicyclic) bond motifs is 1. The average Bonchev–Trinajstić information content (AvgIpc) is 2.90. The first-order chi connectivity index (χ1) is 9.33. The first-order valence-corrected chi connectivity index (χ1v) is 6.40. The summed E-state index contributed by atoms with van der Waals surface area (Å²) in [5, 5.41) is 14.4. The van der Waals surface area contributed by atoms with Gasteiger partial charge in [-0.3, -0.25) is 0 Å². The smallest absolute Gasteiger partial charge is 0.150 e. The Balaban J connectivity index is 2.13. The molecule has 1 aromatic heterocycles. The van der Waals surface area contributed by atoms with Crippen molar-refractivity contribution in [3.63, 3.8) is 0 Å². The maximum Gasteiger partial charge on any atom is 0.150 e. The number of hydrogen-bond donors (Lipinski definition) is 0. The molecule has 1 aromatic carbocycles. The molecule has 5 nitrogen and oxygen atoms in total. The second kappa shape index (κ2) is 4.90. The van der Waals surface area contributed by atoms with Crippen LogP contribution in [-0.4, -0.2) is 23.5 Å². The van der Waals surface area contributed by atoms with E-state index in [-0.39, 0.29) is 6.23 Å². The molecule has 2 heterocycles. The summed E-state index contributed by atoms with van der Waals surface area (Å²) in [5.74, 6) is 0.677. The van der Waals surface area contributed by atoms with Gasteiger partial charge in [-0.1, -0.05) is 0 Å². The highest BCUT2D eigenvalue weighted by molar-refractivity contribution is 5.86. The van der Waals surface area contributed by atoms with Gasteiger partial charge in [-0.25, -0.2) is 4.68 Å². The summed E-state index contributed by atoms with van der Waals surface area (Å²) in [6, 6.07) is 5.72. The maximum atomic E-state index is 9.09. The lowest BCUT2D eigenvalue weighted by Gasteiger charge is -2.23. The zero-order valence-electron chi connectivity index (χ0n) is 10.8. The zero-order valence-corrected chi connectivity index (χ0v) is 10.8. The molecule has 3 rings (SSSR count). The van der Waals surface area contributed by atoms with Crippen molar-refractivity contribution in [1.29, 1.82) is 5.26 Å². The van der Waals surface area contributed by atoms with Crippen LogP contribution >= 0.6 is 0 Å². The molecule has 0 radical (unpaired) electrons. The van der Waals surface area contributed by atoms with E-state index >= 15 is 0 Å². The van der Waals surface area contributed by atoms with Gasteiger partial charge in [-0.05, 0) is 31.4 Å². The third-order valence-corrected chi connectivity index (χ3v) is 3.46. The highest BCUT2D eigenvalue weighted by atomic mass is 16.5. The molecule has 1 saturated heterocycles. The summed E-state index contributed by atoms with van der Waals surface area (Å²) in [5.41, 5.74) is 1.46. The van der Waals surface area contributed by atoms with Crippen LogP contribution in [0, 0.1) is 11.3 Å². The van der Waals surface area contributed by atoms with Crippen LogP contribution in [0.15, 0.2) is 18.3 Å². The summed E-state index contributed by atoms with van der Waals surface area (Å²) in [6.45, 7) is 0.765. The van der Waals surface area contributed by atoms with Gasteiger partial charge in [0.1, 0.15) is 5.75 Å². The van der Waals surface area contributed by atoms with Gasteiger partial charge < -0.3 is 9.47 Å². The van der Waals surface area contributed by atoms with Crippen molar-refractivity contribution in [2.24, 2.45) is 0 Å². The number of benzene rings is 1. The van der Waals surface area contributed by atoms with E-state index in [2.05, 4.69) is 11.2 Å². The van der Waals surface area contributed by atoms with Gasteiger partial charge >= 0.3 is 0 Å². The quantitative estimate of drug-likeness (QED) is 0.829. The minimum atomic E-state index is -0.0371. The third-order valence-electron chi connectivity index (χ3n) is 3.46. The lowest BCUT2D eigenvalue weighted by molar-refractivity contribution is -0.0366. The minimum Gasteiger partial charge on any atom is -0.496 e. The van der Waals surface area contributed by atoms with Crippen molar-refractivity contribution in [3.05, 3.63) is 23.9 Å². The van der Waals surface area contributed by atoms with Crippen molar-refractivity contribution in [3.8, 4) is 11.8 Å². The first-order valence-electron chi connectivity index (χ1n) is 6.40. The Kier molecular flexibility index (Phi) is 3.10. The number of aromatic nitrogens is 2. The van der Waals surface area contributed by atoms with Crippen molar-refractivity contribution < 1.29 is 9.47 Å². The molecular formula is C14H15N3O2. The number of methoxy groups -OCH3 is 1. The van der Waals surface area contributed by atoms with E-state index in [1.54, 1.807) is 19.4 Å². The molecule has 1 aliphatic rings. The van der Waals surface area contributed by atoms with Crippen LogP contribution in [0.25, 0.3) is 10.9 Å². The molecule has 0 amide bonds. The maximum absolute atomic E-state index is 9.09. The van der Waals surface area contributed by atoms with E-state index in [0.29, 0.717) is 11.3 Å². The Morgan fingerprint density at radius 3 is 3.05 bits per heavy atom. The van der Waals surface area contributed by atoms with Crippen LogP contribution in [-0.2, 0) is 4.74 Å². The molecule has 0 spiro atoms. The summed E-state index contributed by atoms with van der Waals surface area (Å²) < 4.78 is 12.9. The Bertz CT molecular complexity index is 636. The van der Waals surface area contributed by atoms with E-state index in [4.69, 9.17) is 14.7 Å². The topological polar surface area (TPSA) is 60.1 Å². The molecule has 5 heteroatoms. The summed E-state index contributed by atoms with van der Waals surface area (Å²) in [7, 11) is 1.60. The van der Waals surface area contributed by atoms with E-state index in [9.17, 15) is 0 Å². The molecule has 1 unspecified atom stereocenters. The first kappa shape index (κ1) is 12.0. The highest BCUT2D eigenvalue weighted by Gasteiger charge is 2.20. The van der Waals surface area contributed by atoms with Gasteiger partial charge in [0.25, 0.3) is 0 Å². The predicted octanol–water partition coefficient (Wildman–Crippen LogP) is 2.62. The zero-order chi connectivity index (χ0) is 13.2. The monoisotopic (exact) mass is 257 g/mol. The van der Waals surface area contributed by atoms with Crippen molar-refractivity contribution in [2.75, 3.05) is 13.7 Å². The largest absolute Gasteiger partial charge is 0.496 e. The highest BCUT2D eigenvalue weighted by Crippen LogP contribution is 2.31. The Hall–Kier alpha value is -2.06. The standard InChI is InChI=1S/C14H15N3O2/c1-18-13-7-10(8-15)6-12-11(13)9-16-17(12)14-4-2-3-5-19-14/h6-7,9,14H,2-5H2,1H3. The van der Waals surface area contributed by atoms with Crippen LogP contribution in [0.1, 0.15) is 31.1 Å². The van der Waals surface area contributed by atoms with Gasteiger partial charge in [0.15, 0.2) is 6.23 Å². The lowest BCUT2D eigenvalue weighted by atomic mass is 10.1. The predicted molar refractivity (Wildman–Crippen MR) is 69.8 cm³/mol.